The number of hydrogen-bond acceptors (Lipinski definition) is 5. The fourth-order valence-electron chi connectivity index (χ4n) is 5.61. The van der Waals surface area contributed by atoms with E-state index < -0.39 is 0 Å². The summed E-state index contributed by atoms with van der Waals surface area (Å²) < 4.78 is 2.12. The highest BCUT2D eigenvalue weighted by Crippen LogP contribution is 2.27. The van der Waals surface area contributed by atoms with Crippen LogP contribution in [0.15, 0.2) is 30.3 Å². The number of nitrogens with zero attached hydrogens (tertiary/aromatic N) is 4. The molecule has 1 saturated carbocycles. The summed E-state index contributed by atoms with van der Waals surface area (Å²) in [5, 5.41) is 7.34. The highest BCUT2D eigenvalue weighted by atomic mass is 35.5. The lowest BCUT2D eigenvalue weighted by Crippen LogP contribution is -2.39. The second kappa shape index (κ2) is 11.2. The van der Waals surface area contributed by atoms with E-state index in [1.807, 2.05) is 19.9 Å². The molecule has 2 fully saturated rings. The number of rotatable bonds is 8. The molecule has 36 heavy (non-hydrogen) atoms. The zero-order chi connectivity index (χ0) is 25.1. The lowest BCUT2D eigenvalue weighted by Gasteiger charge is -2.29. The van der Waals surface area contributed by atoms with Crippen molar-refractivity contribution in [3.05, 3.63) is 52.4 Å². The molecule has 0 atom stereocenters. The van der Waals surface area contributed by atoms with Crippen molar-refractivity contribution in [2.45, 2.75) is 65.0 Å². The molecule has 0 spiro atoms. The van der Waals surface area contributed by atoms with Gasteiger partial charge < -0.3 is 20.1 Å². The normalized spacial score (nSPS) is 20.6. The van der Waals surface area contributed by atoms with Gasteiger partial charge in [0, 0.05) is 30.7 Å². The Morgan fingerprint density at radius 2 is 1.78 bits per heavy atom. The summed E-state index contributed by atoms with van der Waals surface area (Å²) in [5.41, 5.74) is 5.10. The molecule has 1 aliphatic heterocycles. The zero-order valence-corrected chi connectivity index (χ0v) is 22.2. The minimum absolute atomic E-state index is 0.156. The molecule has 2 aliphatic rings. The zero-order valence-electron chi connectivity index (χ0n) is 21.4. The van der Waals surface area contributed by atoms with Gasteiger partial charge in [-0.1, -0.05) is 23.7 Å². The molecule has 3 aromatic rings. The Bertz CT molecular complexity index is 1190. The maximum absolute atomic E-state index is 12.6. The van der Waals surface area contributed by atoms with E-state index in [-0.39, 0.29) is 11.8 Å². The number of benzene rings is 1. The number of pyridine rings is 1. The van der Waals surface area contributed by atoms with Gasteiger partial charge in [0.15, 0.2) is 5.65 Å². The molecule has 0 bridgehead atoms. The summed E-state index contributed by atoms with van der Waals surface area (Å²) in [4.78, 5) is 24.2. The second-order valence-electron chi connectivity index (χ2n) is 10.4. The Morgan fingerprint density at radius 3 is 2.50 bits per heavy atom. The first-order valence-corrected chi connectivity index (χ1v) is 13.7. The Labute approximate surface area is 218 Å². The number of carbonyl (C=O) groups is 1. The van der Waals surface area contributed by atoms with Gasteiger partial charge in [-0.05, 0) is 94.8 Å². The average Bonchev–Trinajstić information content (AvgIpc) is 3.49. The SMILES string of the molecule is Cc1cc(Cl)nc2c1nc(C)n2Cc1ccc(N[C@H]2CC[C@H](C(=O)NCCN3CCCC3)CC2)cc1. The van der Waals surface area contributed by atoms with Gasteiger partial charge >= 0.3 is 0 Å². The average molecular weight is 509 g/mol. The molecule has 0 unspecified atom stereocenters. The summed E-state index contributed by atoms with van der Waals surface area (Å²) in [7, 11) is 0. The number of hydrogen-bond donors (Lipinski definition) is 2. The van der Waals surface area contributed by atoms with Crippen LogP contribution in [0.2, 0.25) is 5.15 Å². The molecule has 7 nitrogen and oxygen atoms in total. The van der Waals surface area contributed by atoms with Crippen molar-refractivity contribution in [1.82, 2.24) is 24.8 Å². The van der Waals surface area contributed by atoms with E-state index in [1.165, 1.54) is 31.5 Å². The van der Waals surface area contributed by atoms with Crippen LogP contribution in [0.3, 0.4) is 0 Å². The molecule has 1 aliphatic carbocycles. The number of amides is 1. The number of imidazole rings is 1. The Morgan fingerprint density at radius 1 is 1.06 bits per heavy atom. The van der Waals surface area contributed by atoms with Crippen LogP contribution >= 0.6 is 11.6 Å². The molecule has 1 aromatic carbocycles. The Hall–Kier alpha value is -2.64. The fourth-order valence-corrected chi connectivity index (χ4v) is 5.86. The lowest BCUT2D eigenvalue weighted by atomic mass is 9.85. The molecule has 0 radical (unpaired) electrons. The lowest BCUT2D eigenvalue weighted by molar-refractivity contribution is -0.126. The van der Waals surface area contributed by atoms with Gasteiger partial charge in [0.05, 0.1) is 6.54 Å². The van der Waals surface area contributed by atoms with Crippen LogP contribution < -0.4 is 10.6 Å². The summed E-state index contributed by atoms with van der Waals surface area (Å²) in [6.07, 6.45) is 6.54. The van der Waals surface area contributed by atoms with Crippen molar-refractivity contribution in [1.29, 1.82) is 0 Å². The van der Waals surface area contributed by atoms with E-state index in [9.17, 15) is 4.79 Å². The minimum atomic E-state index is 0.156. The highest BCUT2D eigenvalue weighted by molar-refractivity contribution is 6.29. The fraction of sp³-hybridized carbons (Fsp3) is 0.536. The van der Waals surface area contributed by atoms with Crippen LogP contribution in [0.4, 0.5) is 5.69 Å². The van der Waals surface area contributed by atoms with E-state index in [4.69, 9.17) is 16.6 Å². The molecular weight excluding hydrogens is 472 g/mol. The molecule has 1 amide bonds. The number of likely N-dealkylation sites (tertiary alicyclic amines) is 1. The summed E-state index contributed by atoms with van der Waals surface area (Å²) in [5.74, 6) is 1.33. The molecule has 192 valence electrons. The molecule has 8 heteroatoms. The molecule has 2 aromatic heterocycles. The second-order valence-corrected chi connectivity index (χ2v) is 10.8. The highest BCUT2D eigenvalue weighted by Gasteiger charge is 2.26. The van der Waals surface area contributed by atoms with Gasteiger partial charge in [0.2, 0.25) is 5.91 Å². The monoisotopic (exact) mass is 508 g/mol. The van der Waals surface area contributed by atoms with Crippen LogP contribution in [0.5, 0.6) is 0 Å². The first-order chi connectivity index (χ1) is 17.5. The van der Waals surface area contributed by atoms with Crippen molar-refractivity contribution in [2.24, 2.45) is 5.92 Å². The van der Waals surface area contributed by atoms with Crippen LogP contribution in [0.1, 0.15) is 55.5 Å². The number of anilines is 1. The van der Waals surface area contributed by atoms with Gasteiger partial charge in [-0.2, -0.15) is 0 Å². The van der Waals surface area contributed by atoms with Crippen molar-refractivity contribution in [3.63, 3.8) is 0 Å². The van der Waals surface area contributed by atoms with E-state index in [2.05, 4.69) is 49.4 Å². The first kappa shape index (κ1) is 25.0. The van der Waals surface area contributed by atoms with Crippen molar-refractivity contribution < 1.29 is 4.79 Å². The van der Waals surface area contributed by atoms with E-state index in [1.54, 1.807) is 0 Å². The maximum atomic E-state index is 12.6. The third kappa shape index (κ3) is 5.84. The number of carbonyl (C=O) groups excluding carboxylic acids is 1. The minimum Gasteiger partial charge on any atom is -0.382 e. The molecular formula is C28H37ClN6O. The van der Waals surface area contributed by atoms with Crippen LogP contribution in [0.25, 0.3) is 11.2 Å². The van der Waals surface area contributed by atoms with Gasteiger partial charge in [-0.15, -0.1) is 0 Å². The number of fused-ring (bicyclic) bond motifs is 1. The first-order valence-electron chi connectivity index (χ1n) is 13.3. The maximum Gasteiger partial charge on any atom is 0.223 e. The third-order valence-electron chi connectivity index (χ3n) is 7.74. The number of halogens is 1. The van der Waals surface area contributed by atoms with Gasteiger partial charge in [0.25, 0.3) is 0 Å². The Kier molecular flexibility index (Phi) is 7.77. The summed E-state index contributed by atoms with van der Waals surface area (Å²) in [6, 6.07) is 10.9. The summed E-state index contributed by atoms with van der Waals surface area (Å²) in [6.45, 7) is 8.85. The topological polar surface area (TPSA) is 75.1 Å². The van der Waals surface area contributed by atoms with Crippen LogP contribution in [0, 0.1) is 19.8 Å². The van der Waals surface area contributed by atoms with Crippen molar-refractivity contribution >= 4 is 34.4 Å². The number of nitrogens with one attached hydrogen (secondary N) is 2. The predicted octanol–water partition coefficient (Wildman–Crippen LogP) is 4.93. The van der Waals surface area contributed by atoms with Gasteiger partial charge in [-0.3, -0.25) is 4.79 Å². The standard InChI is InChI=1S/C28H37ClN6O/c1-19-17-25(29)33-27-26(19)31-20(2)35(27)18-21-5-9-23(10-6-21)32-24-11-7-22(8-12-24)28(36)30-13-16-34-14-3-4-15-34/h5-6,9-10,17,22,24,32H,3-4,7-8,11-16,18H2,1-2H3,(H,30,36)/t22-,24-. The van der Waals surface area contributed by atoms with Gasteiger partial charge in [-0.25, -0.2) is 9.97 Å². The van der Waals surface area contributed by atoms with Crippen molar-refractivity contribution in [3.8, 4) is 0 Å². The molecule has 3 heterocycles. The predicted molar refractivity (Wildman–Crippen MR) is 146 cm³/mol. The molecule has 2 N–H and O–H groups in total. The van der Waals surface area contributed by atoms with E-state index >= 15 is 0 Å². The van der Waals surface area contributed by atoms with E-state index in [0.29, 0.717) is 17.7 Å². The van der Waals surface area contributed by atoms with Crippen LogP contribution in [-0.4, -0.2) is 57.6 Å². The smallest absolute Gasteiger partial charge is 0.223 e. The Balaban J connectivity index is 1.10. The van der Waals surface area contributed by atoms with Gasteiger partial charge in [0.1, 0.15) is 16.5 Å². The number of aromatic nitrogens is 3. The molecule has 1 saturated heterocycles. The summed E-state index contributed by atoms with van der Waals surface area (Å²) >= 11 is 6.21. The third-order valence-corrected chi connectivity index (χ3v) is 7.94. The number of aryl methyl sites for hydroxylation is 2. The largest absolute Gasteiger partial charge is 0.382 e. The van der Waals surface area contributed by atoms with Crippen molar-refractivity contribution in [2.75, 3.05) is 31.5 Å². The van der Waals surface area contributed by atoms with E-state index in [0.717, 1.165) is 67.0 Å². The quantitative estimate of drug-likeness (QED) is 0.422. The van der Waals surface area contributed by atoms with Crippen LogP contribution in [-0.2, 0) is 11.3 Å². The molecule has 5 rings (SSSR count).